The van der Waals surface area contributed by atoms with Crippen molar-refractivity contribution in [1.29, 1.82) is 0 Å². The molecule has 0 saturated heterocycles. The third-order valence-corrected chi connectivity index (χ3v) is 2.75. The van der Waals surface area contributed by atoms with Crippen molar-refractivity contribution in [2.45, 2.75) is 6.54 Å². The van der Waals surface area contributed by atoms with E-state index < -0.39 is 0 Å². The number of rotatable bonds is 3. The number of carbonyl (C=O) groups is 1. The average molecular weight is 296 g/mol. The highest BCUT2D eigenvalue weighted by Gasteiger charge is 2.13. The quantitative estimate of drug-likeness (QED) is 0.870. The van der Waals surface area contributed by atoms with Crippen molar-refractivity contribution in [2.75, 3.05) is 7.05 Å². The SMILES string of the molecule is CN(Cc1ncon1)C(=O)c1ccc(Br)cc1. The van der Waals surface area contributed by atoms with Crippen LogP contribution in [0.25, 0.3) is 0 Å². The van der Waals surface area contributed by atoms with Gasteiger partial charge in [0.2, 0.25) is 6.39 Å². The van der Waals surface area contributed by atoms with Gasteiger partial charge < -0.3 is 9.42 Å². The van der Waals surface area contributed by atoms with Crippen LogP contribution in [0.2, 0.25) is 0 Å². The molecule has 0 fully saturated rings. The molecule has 0 radical (unpaired) electrons. The Morgan fingerprint density at radius 2 is 2.12 bits per heavy atom. The molecule has 0 N–H and O–H groups in total. The number of hydrogen-bond acceptors (Lipinski definition) is 4. The summed E-state index contributed by atoms with van der Waals surface area (Å²) in [5, 5.41) is 3.66. The van der Waals surface area contributed by atoms with Gasteiger partial charge >= 0.3 is 0 Å². The van der Waals surface area contributed by atoms with Gasteiger partial charge in [-0.15, -0.1) is 0 Å². The standard InChI is InChI=1S/C11H10BrN3O2/c1-15(6-10-13-7-17-14-10)11(16)8-2-4-9(12)5-3-8/h2-5,7H,6H2,1H3. The van der Waals surface area contributed by atoms with Crippen LogP contribution in [0, 0.1) is 0 Å². The van der Waals surface area contributed by atoms with E-state index in [1.807, 2.05) is 12.1 Å². The molecule has 0 atom stereocenters. The molecule has 5 nitrogen and oxygen atoms in total. The van der Waals surface area contributed by atoms with E-state index >= 15 is 0 Å². The zero-order valence-electron chi connectivity index (χ0n) is 9.13. The largest absolute Gasteiger partial charge is 0.343 e. The number of aromatic nitrogens is 2. The third kappa shape index (κ3) is 2.91. The molecule has 17 heavy (non-hydrogen) atoms. The third-order valence-electron chi connectivity index (χ3n) is 2.22. The Morgan fingerprint density at radius 3 is 2.71 bits per heavy atom. The molecule has 1 aromatic carbocycles. The minimum absolute atomic E-state index is 0.0812. The van der Waals surface area contributed by atoms with Crippen LogP contribution in [-0.4, -0.2) is 28.0 Å². The Morgan fingerprint density at radius 1 is 1.41 bits per heavy atom. The molecule has 0 unspecified atom stereocenters. The highest BCUT2D eigenvalue weighted by Crippen LogP contribution is 2.12. The van der Waals surface area contributed by atoms with Gasteiger partial charge in [0.05, 0.1) is 6.54 Å². The van der Waals surface area contributed by atoms with Gasteiger partial charge in [-0.1, -0.05) is 21.1 Å². The summed E-state index contributed by atoms with van der Waals surface area (Å²) in [5.74, 6) is 0.403. The highest BCUT2D eigenvalue weighted by atomic mass is 79.9. The van der Waals surface area contributed by atoms with Gasteiger partial charge in [-0.3, -0.25) is 4.79 Å². The maximum atomic E-state index is 12.0. The molecule has 0 aliphatic carbocycles. The summed E-state index contributed by atoms with van der Waals surface area (Å²) in [6.45, 7) is 0.325. The number of carbonyl (C=O) groups excluding carboxylic acids is 1. The Kier molecular flexibility index (Phi) is 3.53. The molecule has 1 amide bonds. The lowest BCUT2D eigenvalue weighted by molar-refractivity contribution is 0.0780. The van der Waals surface area contributed by atoms with Crippen LogP contribution in [0.15, 0.2) is 39.7 Å². The van der Waals surface area contributed by atoms with Crippen LogP contribution in [0.1, 0.15) is 16.2 Å². The number of hydrogen-bond donors (Lipinski definition) is 0. The van der Waals surface area contributed by atoms with Crippen molar-refractivity contribution in [3.05, 3.63) is 46.5 Å². The maximum absolute atomic E-state index is 12.0. The van der Waals surface area contributed by atoms with Gasteiger partial charge in [0.25, 0.3) is 5.91 Å². The minimum Gasteiger partial charge on any atom is -0.343 e. The number of halogens is 1. The lowest BCUT2D eigenvalue weighted by atomic mass is 10.2. The Hall–Kier alpha value is -1.69. The molecule has 0 bridgehead atoms. The highest BCUT2D eigenvalue weighted by molar-refractivity contribution is 9.10. The first kappa shape index (κ1) is 11.8. The van der Waals surface area contributed by atoms with Crippen LogP contribution >= 0.6 is 15.9 Å². The molecule has 2 rings (SSSR count). The second-order valence-electron chi connectivity index (χ2n) is 3.52. The molecule has 0 spiro atoms. The number of amides is 1. The van der Waals surface area contributed by atoms with Gasteiger partial charge in [0.1, 0.15) is 0 Å². The molecule has 0 aliphatic rings. The summed E-state index contributed by atoms with van der Waals surface area (Å²) >= 11 is 3.32. The van der Waals surface area contributed by atoms with Crippen molar-refractivity contribution in [3.63, 3.8) is 0 Å². The number of nitrogens with zero attached hydrogens (tertiary/aromatic N) is 3. The maximum Gasteiger partial charge on any atom is 0.254 e. The fraction of sp³-hybridized carbons (Fsp3) is 0.182. The fourth-order valence-corrected chi connectivity index (χ4v) is 1.62. The topological polar surface area (TPSA) is 59.2 Å². The predicted molar refractivity (Wildman–Crippen MR) is 64.2 cm³/mol. The molecule has 0 aliphatic heterocycles. The molecule has 1 heterocycles. The zero-order chi connectivity index (χ0) is 12.3. The first-order chi connectivity index (χ1) is 8.16. The van der Waals surface area contributed by atoms with Gasteiger partial charge in [0, 0.05) is 17.1 Å². The fourth-order valence-electron chi connectivity index (χ4n) is 1.36. The van der Waals surface area contributed by atoms with E-state index in [1.54, 1.807) is 19.2 Å². The predicted octanol–water partition coefficient (Wildman–Crippen LogP) is 2.10. The molecule has 2 aromatic rings. The van der Waals surface area contributed by atoms with Gasteiger partial charge in [-0.25, -0.2) is 0 Å². The first-order valence-corrected chi connectivity index (χ1v) is 5.72. The summed E-state index contributed by atoms with van der Waals surface area (Å²) in [7, 11) is 1.70. The Bertz CT molecular complexity index is 496. The second-order valence-corrected chi connectivity index (χ2v) is 4.43. The van der Waals surface area contributed by atoms with E-state index in [0.29, 0.717) is 17.9 Å². The lowest BCUT2D eigenvalue weighted by Gasteiger charge is -2.14. The normalized spacial score (nSPS) is 10.2. The molecular weight excluding hydrogens is 286 g/mol. The first-order valence-electron chi connectivity index (χ1n) is 4.93. The van der Waals surface area contributed by atoms with E-state index in [9.17, 15) is 4.79 Å². The summed E-state index contributed by atoms with van der Waals surface area (Å²) in [6.07, 6.45) is 1.24. The zero-order valence-corrected chi connectivity index (χ0v) is 10.7. The second kappa shape index (κ2) is 5.09. The Labute approximate surface area is 107 Å². The molecule has 88 valence electrons. The van der Waals surface area contributed by atoms with E-state index in [4.69, 9.17) is 0 Å². The van der Waals surface area contributed by atoms with Crippen molar-refractivity contribution in [3.8, 4) is 0 Å². The van der Waals surface area contributed by atoms with E-state index in [1.165, 1.54) is 11.3 Å². The van der Waals surface area contributed by atoms with Crippen LogP contribution in [0.4, 0.5) is 0 Å². The van der Waals surface area contributed by atoms with Crippen molar-refractivity contribution in [2.24, 2.45) is 0 Å². The summed E-state index contributed by atoms with van der Waals surface area (Å²) in [4.78, 5) is 17.4. The van der Waals surface area contributed by atoms with Gasteiger partial charge in [-0.05, 0) is 24.3 Å². The molecule has 6 heteroatoms. The Balaban J connectivity index is 2.07. The summed E-state index contributed by atoms with van der Waals surface area (Å²) in [5.41, 5.74) is 0.624. The lowest BCUT2D eigenvalue weighted by Crippen LogP contribution is -2.26. The molecule has 1 aromatic heterocycles. The van der Waals surface area contributed by atoms with Crippen LogP contribution in [0.3, 0.4) is 0 Å². The molecule has 0 saturated carbocycles. The van der Waals surface area contributed by atoms with Crippen molar-refractivity contribution in [1.82, 2.24) is 15.0 Å². The van der Waals surface area contributed by atoms with Crippen LogP contribution < -0.4 is 0 Å². The minimum atomic E-state index is -0.0812. The van der Waals surface area contributed by atoms with E-state index in [2.05, 4.69) is 30.6 Å². The van der Waals surface area contributed by atoms with Crippen molar-refractivity contribution >= 4 is 21.8 Å². The summed E-state index contributed by atoms with van der Waals surface area (Å²) in [6, 6.07) is 7.18. The average Bonchev–Trinajstić information content (AvgIpc) is 2.82. The van der Waals surface area contributed by atoms with Gasteiger partial charge in [-0.2, -0.15) is 4.98 Å². The van der Waals surface area contributed by atoms with E-state index in [0.717, 1.165) is 4.47 Å². The molecular formula is C11H10BrN3O2. The van der Waals surface area contributed by atoms with Crippen molar-refractivity contribution < 1.29 is 9.32 Å². The van der Waals surface area contributed by atoms with Crippen LogP contribution in [-0.2, 0) is 6.54 Å². The van der Waals surface area contributed by atoms with E-state index in [-0.39, 0.29) is 5.91 Å². The monoisotopic (exact) mass is 295 g/mol. The van der Waals surface area contributed by atoms with Gasteiger partial charge in [0.15, 0.2) is 5.82 Å². The smallest absolute Gasteiger partial charge is 0.254 e. The summed E-state index contributed by atoms with van der Waals surface area (Å²) < 4.78 is 5.55. The van der Waals surface area contributed by atoms with Crippen LogP contribution in [0.5, 0.6) is 0 Å². The number of benzene rings is 1.